The van der Waals surface area contributed by atoms with E-state index in [0.717, 1.165) is 11.3 Å². The molecular formula is C23H33N3O6S. The first-order valence-corrected chi connectivity index (χ1v) is 13.0. The van der Waals surface area contributed by atoms with Crippen LogP contribution < -0.4 is 20.7 Å². The number of rotatable bonds is 14. The van der Waals surface area contributed by atoms with Crippen molar-refractivity contribution in [2.75, 3.05) is 19.0 Å². The normalized spacial score (nSPS) is 14.4. The highest BCUT2D eigenvalue weighted by Crippen LogP contribution is 2.33. The summed E-state index contributed by atoms with van der Waals surface area (Å²) in [6, 6.07) is 8.90. The maximum atomic E-state index is 12.9. The third-order valence-corrected chi connectivity index (χ3v) is 7.48. The molecule has 10 heteroatoms. The van der Waals surface area contributed by atoms with Crippen molar-refractivity contribution in [1.29, 1.82) is 0 Å². The SMILES string of the molecule is CCC(CC)(NS(=O)(=O)CCCOCn1ccc(=O)[nH]c1=O)c1cccc(OCC2CC2)c1. The number of aromatic nitrogens is 2. The topological polar surface area (TPSA) is 119 Å². The van der Waals surface area contributed by atoms with Gasteiger partial charge in [0, 0.05) is 18.9 Å². The summed E-state index contributed by atoms with van der Waals surface area (Å²) in [5.41, 5.74) is -0.889. The minimum atomic E-state index is -3.59. The zero-order valence-electron chi connectivity index (χ0n) is 19.2. The molecule has 182 valence electrons. The summed E-state index contributed by atoms with van der Waals surface area (Å²) in [6.07, 6.45) is 5.21. The Bertz CT molecular complexity index is 1130. The van der Waals surface area contributed by atoms with Crippen LogP contribution in [0.2, 0.25) is 0 Å². The lowest BCUT2D eigenvalue weighted by atomic mass is 9.86. The Balaban J connectivity index is 1.56. The van der Waals surface area contributed by atoms with E-state index in [1.807, 2.05) is 38.1 Å². The van der Waals surface area contributed by atoms with E-state index in [-0.39, 0.29) is 25.5 Å². The Kier molecular flexibility index (Phi) is 8.50. The maximum Gasteiger partial charge on any atom is 0.330 e. The Morgan fingerprint density at radius 1 is 1.18 bits per heavy atom. The second-order valence-electron chi connectivity index (χ2n) is 8.46. The van der Waals surface area contributed by atoms with Gasteiger partial charge >= 0.3 is 5.69 Å². The van der Waals surface area contributed by atoms with Gasteiger partial charge in [-0.25, -0.2) is 17.9 Å². The molecule has 0 saturated heterocycles. The third kappa shape index (κ3) is 7.28. The molecule has 1 aromatic carbocycles. The highest BCUT2D eigenvalue weighted by atomic mass is 32.2. The van der Waals surface area contributed by atoms with E-state index in [1.165, 1.54) is 29.7 Å². The molecule has 1 aromatic heterocycles. The minimum absolute atomic E-state index is 0.0649. The number of hydrogen-bond donors (Lipinski definition) is 2. The molecular weight excluding hydrogens is 446 g/mol. The Labute approximate surface area is 194 Å². The van der Waals surface area contributed by atoms with Gasteiger partial charge in [-0.15, -0.1) is 0 Å². The van der Waals surface area contributed by atoms with Gasteiger partial charge in [0.25, 0.3) is 5.56 Å². The molecule has 0 bridgehead atoms. The molecule has 0 amide bonds. The second kappa shape index (κ2) is 11.1. The van der Waals surface area contributed by atoms with E-state index in [4.69, 9.17) is 9.47 Å². The summed E-state index contributed by atoms with van der Waals surface area (Å²) in [4.78, 5) is 24.9. The Morgan fingerprint density at radius 2 is 1.94 bits per heavy atom. The summed E-state index contributed by atoms with van der Waals surface area (Å²) in [5, 5.41) is 0. The van der Waals surface area contributed by atoms with Gasteiger partial charge in [-0.1, -0.05) is 26.0 Å². The van der Waals surface area contributed by atoms with Gasteiger partial charge in [-0.2, -0.15) is 0 Å². The zero-order chi connectivity index (χ0) is 23.9. The van der Waals surface area contributed by atoms with Crippen LogP contribution >= 0.6 is 0 Å². The Morgan fingerprint density at radius 3 is 2.61 bits per heavy atom. The van der Waals surface area contributed by atoms with Crippen LogP contribution in [0.3, 0.4) is 0 Å². The molecule has 3 rings (SSSR count). The molecule has 1 fully saturated rings. The summed E-state index contributed by atoms with van der Waals surface area (Å²) >= 11 is 0. The number of nitrogens with one attached hydrogen (secondary N) is 2. The summed E-state index contributed by atoms with van der Waals surface area (Å²) < 4.78 is 41.2. The van der Waals surface area contributed by atoms with Gasteiger partial charge in [-0.3, -0.25) is 14.3 Å². The summed E-state index contributed by atoms with van der Waals surface area (Å²) in [5.74, 6) is 1.29. The summed E-state index contributed by atoms with van der Waals surface area (Å²) in [7, 11) is -3.59. The molecule has 2 N–H and O–H groups in total. The molecule has 0 aliphatic heterocycles. The standard InChI is InChI=1S/C23H33N3O6S/c1-3-23(4-2,19-7-5-8-20(15-19)32-16-18-9-10-18)25-33(29,30)14-6-13-31-17-26-12-11-21(27)24-22(26)28/h5,7-8,11-12,15,18,25H,3-4,6,9-10,13-14,16-17H2,1-2H3,(H,24,27,28). The molecule has 1 aliphatic carbocycles. The van der Waals surface area contributed by atoms with Crippen molar-refractivity contribution in [3.05, 3.63) is 62.9 Å². The molecule has 0 unspecified atom stereocenters. The first-order valence-electron chi connectivity index (χ1n) is 11.4. The molecule has 1 aliphatic rings. The van der Waals surface area contributed by atoms with Crippen molar-refractivity contribution >= 4 is 10.0 Å². The van der Waals surface area contributed by atoms with Gasteiger partial charge in [-0.05, 0) is 55.7 Å². The van der Waals surface area contributed by atoms with Crippen LogP contribution in [0.4, 0.5) is 0 Å². The largest absolute Gasteiger partial charge is 0.493 e. The van der Waals surface area contributed by atoms with Gasteiger partial charge in [0.2, 0.25) is 10.0 Å². The predicted octanol–water partition coefficient (Wildman–Crippen LogP) is 2.32. The van der Waals surface area contributed by atoms with E-state index in [1.54, 1.807) is 0 Å². The average Bonchev–Trinajstić information content (AvgIpc) is 3.62. The summed E-state index contributed by atoms with van der Waals surface area (Å²) in [6.45, 7) is 4.72. The van der Waals surface area contributed by atoms with E-state index < -0.39 is 26.8 Å². The van der Waals surface area contributed by atoms with Crippen LogP contribution in [0.15, 0.2) is 46.1 Å². The van der Waals surface area contributed by atoms with Crippen LogP contribution in [0.5, 0.6) is 5.75 Å². The van der Waals surface area contributed by atoms with Gasteiger partial charge < -0.3 is 9.47 Å². The van der Waals surface area contributed by atoms with E-state index in [0.29, 0.717) is 25.4 Å². The number of sulfonamides is 1. The number of H-pyrrole nitrogens is 1. The molecule has 0 spiro atoms. The minimum Gasteiger partial charge on any atom is -0.493 e. The smallest absolute Gasteiger partial charge is 0.330 e. The van der Waals surface area contributed by atoms with Crippen LogP contribution in [0, 0.1) is 5.92 Å². The average molecular weight is 480 g/mol. The quantitative estimate of drug-likeness (QED) is 0.401. The van der Waals surface area contributed by atoms with Crippen LogP contribution in [0.25, 0.3) is 0 Å². The molecule has 1 heterocycles. The lowest BCUT2D eigenvalue weighted by molar-refractivity contribution is 0.0744. The van der Waals surface area contributed by atoms with Crippen LogP contribution in [-0.4, -0.2) is 36.9 Å². The van der Waals surface area contributed by atoms with Crippen LogP contribution in [-0.2, 0) is 27.0 Å². The lowest BCUT2D eigenvalue weighted by Crippen LogP contribution is -2.46. The fraction of sp³-hybridized carbons (Fsp3) is 0.565. The van der Waals surface area contributed by atoms with Crippen molar-refractivity contribution in [1.82, 2.24) is 14.3 Å². The van der Waals surface area contributed by atoms with Crippen LogP contribution in [0.1, 0.15) is 51.5 Å². The molecule has 0 radical (unpaired) electrons. The van der Waals surface area contributed by atoms with E-state index >= 15 is 0 Å². The van der Waals surface area contributed by atoms with Crippen molar-refractivity contribution < 1.29 is 17.9 Å². The first kappa shape index (κ1) is 25.2. The molecule has 2 aromatic rings. The lowest BCUT2D eigenvalue weighted by Gasteiger charge is -2.33. The first-order chi connectivity index (χ1) is 15.8. The fourth-order valence-electron chi connectivity index (χ4n) is 3.65. The molecule has 33 heavy (non-hydrogen) atoms. The van der Waals surface area contributed by atoms with E-state index in [9.17, 15) is 18.0 Å². The Hall–Kier alpha value is -2.43. The monoisotopic (exact) mass is 479 g/mol. The fourth-order valence-corrected chi connectivity index (χ4v) is 5.25. The number of hydrogen-bond acceptors (Lipinski definition) is 6. The van der Waals surface area contributed by atoms with Crippen molar-refractivity contribution in [2.24, 2.45) is 5.92 Å². The molecule has 1 saturated carbocycles. The zero-order valence-corrected chi connectivity index (χ0v) is 20.0. The number of ether oxygens (including phenoxy) is 2. The highest BCUT2D eigenvalue weighted by molar-refractivity contribution is 7.89. The predicted molar refractivity (Wildman–Crippen MR) is 126 cm³/mol. The number of aromatic amines is 1. The van der Waals surface area contributed by atoms with Gasteiger partial charge in [0.15, 0.2) is 0 Å². The van der Waals surface area contributed by atoms with Crippen molar-refractivity contribution in [2.45, 2.75) is 58.2 Å². The maximum absolute atomic E-state index is 12.9. The van der Waals surface area contributed by atoms with Gasteiger partial charge in [0.05, 0.1) is 17.9 Å². The third-order valence-electron chi connectivity index (χ3n) is 5.96. The van der Waals surface area contributed by atoms with Crippen molar-refractivity contribution in [3.63, 3.8) is 0 Å². The second-order valence-corrected chi connectivity index (χ2v) is 10.3. The number of nitrogens with zero attached hydrogens (tertiary/aromatic N) is 1. The van der Waals surface area contributed by atoms with E-state index in [2.05, 4.69) is 9.71 Å². The van der Waals surface area contributed by atoms with Crippen molar-refractivity contribution in [3.8, 4) is 5.75 Å². The highest BCUT2D eigenvalue weighted by Gasteiger charge is 2.33. The van der Waals surface area contributed by atoms with Gasteiger partial charge in [0.1, 0.15) is 12.5 Å². The molecule has 9 nitrogen and oxygen atoms in total. The molecule has 0 atom stereocenters. The number of benzene rings is 1.